The summed E-state index contributed by atoms with van der Waals surface area (Å²) in [5, 5.41) is 12.5. The number of nitriles is 1. The number of esters is 1. The molecule has 6 nitrogen and oxygen atoms in total. The second-order valence-corrected chi connectivity index (χ2v) is 6.04. The van der Waals surface area contributed by atoms with Gasteiger partial charge in [0.05, 0.1) is 16.8 Å². The first-order valence-electron chi connectivity index (χ1n) is 8.64. The van der Waals surface area contributed by atoms with Crippen molar-refractivity contribution >= 4 is 28.5 Å². The standard InChI is InChI=1S/C21H19N3O3/c1-3-24-13-17(16-9-5-7-11-19(16)24)21(26)27-14(2)20(25)23-18-10-6-4-8-15(18)12-22/h4-11,13-14H,3H2,1-2H3,(H,23,25). The molecule has 1 N–H and O–H groups in total. The van der Waals surface area contributed by atoms with Crippen LogP contribution in [-0.4, -0.2) is 22.5 Å². The van der Waals surface area contributed by atoms with Crippen molar-refractivity contribution in [3.8, 4) is 6.07 Å². The molecule has 1 amide bonds. The molecular weight excluding hydrogens is 342 g/mol. The molecule has 0 aliphatic heterocycles. The van der Waals surface area contributed by atoms with E-state index in [2.05, 4.69) is 5.32 Å². The van der Waals surface area contributed by atoms with Gasteiger partial charge in [-0.25, -0.2) is 4.79 Å². The minimum atomic E-state index is -1.01. The summed E-state index contributed by atoms with van der Waals surface area (Å²) < 4.78 is 7.32. The highest BCUT2D eigenvalue weighted by molar-refractivity contribution is 6.05. The van der Waals surface area contributed by atoms with Crippen LogP contribution < -0.4 is 5.32 Å². The summed E-state index contributed by atoms with van der Waals surface area (Å²) in [5.41, 5.74) is 2.09. The summed E-state index contributed by atoms with van der Waals surface area (Å²) in [5.74, 6) is -1.06. The maximum Gasteiger partial charge on any atom is 0.341 e. The molecule has 0 spiro atoms. The Labute approximate surface area is 157 Å². The molecule has 0 fully saturated rings. The van der Waals surface area contributed by atoms with E-state index in [0.29, 0.717) is 16.8 Å². The van der Waals surface area contributed by atoms with Crippen molar-refractivity contribution < 1.29 is 14.3 Å². The van der Waals surface area contributed by atoms with Crippen molar-refractivity contribution in [1.29, 1.82) is 5.26 Å². The molecule has 2 aromatic carbocycles. The number of nitrogens with one attached hydrogen (secondary N) is 1. The van der Waals surface area contributed by atoms with Crippen molar-refractivity contribution in [2.24, 2.45) is 0 Å². The van der Waals surface area contributed by atoms with E-state index >= 15 is 0 Å². The Balaban J connectivity index is 1.76. The molecule has 27 heavy (non-hydrogen) atoms. The van der Waals surface area contributed by atoms with Gasteiger partial charge in [-0.1, -0.05) is 30.3 Å². The molecule has 0 aliphatic carbocycles. The number of aromatic nitrogens is 1. The minimum Gasteiger partial charge on any atom is -0.449 e. The van der Waals surface area contributed by atoms with Crippen LogP contribution in [0.15, 0.2) is 54.7 Å². The van der Waals surface area contributed by atoms with Crippen LogP contribution in [0, 0.1) is 11.3 Å². The van der Waals surface area contributed by atoms with Gasteiger partial charge in [-0.3, -0.25) is 4.79 Å². The van der Waals surface area contributed by atoms with E-state index < -0.39 is 18.0 Å². The van der Waals surface area contributed by atoms with E-state index in [1.54, 1.807) is 30.5 Å². The monoisotopic (exact) mass is 361 g/mol. The highest BCUT2D eigenvalue weighted by atomic mass is 16.5. The minimum absolute atomic E-state index is 0.343. The summed E-state index contributed by atoms with van der Waals surface area (Å²) in [6.45, 7) is 4.21. The number of carbonyl (C=O) groups is 2. The fourth-order valence-electron chi connectivity index (χ4n) is 2.87. The number of hydrogen-bond donors (Lipinski definition) is 1. The average molecular weight is 361 g/mol. The average Bonchev–Trinajstić information content (AvgIpc) is 3.07. The number of amides is 1. The first-order valence-corrected chi connectivity index (χ1v) is 8.64. The number of nitrogens with zero attached hydrogens (tertiary/aromatic N) is 2. The van der Waals surface area contributed by atoms with E-state index in [1.165, 1.54) is 6.92 Å². The molecule has 0 radical (unpaired) electrons. The van der Waals surface area contributed by atoms with Gasteiger partial charge in [0.25, 0.3) is 5.91 Å². The Hall–Kier alpha value is -3.59. The third-order valence-corrected chi connectivity index (χ3v) is 4.31. The number of carbonyl (C=O) groups excluding carboxylic acids is 2. The van der Waals surface area contributed by atoms with Crippen LogP contribution in [0.5, 0.6) is 0 Å². The first-order chi connectivity index (χ1) is 13.0. The molecule has 0 saturated heterocycles. The Morgan fingerprint density at radius 3 is 2.63 bits per heavy atom. The predicted octanol–water partition coefficient (Wildman–Crippen LogP) is 3.72. The van der Waals surface area contributed by atoms with E-state index in [1.807, 2.05) is 41.8 Å². The van der Waals surface area contributed by atoms with E-state index in [4.69, 9.17) is 10.00 Å². The van der Waals surface area contributed by atoms with Crippen LogP contribution >= 0.6 is 0 Å². The lowest BCUT2D eigenvalue weighted by Gasteiger charge is -2.14. The number of hydrogen-bond acceptors (Lipinski definition) is 4. The van der Waals surface area contributed by atoms with Crippen LogP contribution in [0.1, 0.15) is 29.8 Å². The Kier molecular flexibility index (Phi) is 5.23. The zero-order valence-electron chi connectivity index (χ0n) is 15.1. The lowest BCUT2D eigenvalue weighted by atomic mass is 10.2. The fourth-order valence-corrected chi connectivity index (χ4v) is 2.87. The number of rotatable bonds is 5. The second-order valence-electron chi connectivity index (χ2n) is 6.04. The molecular formula is C21H19N3O3. The number of ether oxygens (including phenoxy) is 1. The van der Waals surface area contributed by atoms with Gasteiger partial charge in [0, 0.05) is 23.6 Å². The number of aryl methyl sites for hydroxylation is 1. The number of fused-ring (bicyclic) bond motifs is 1. The molecule has 1 aromatic heterocycles. The van der Waals surface area contributed by atoms with Crippen LogP contribution in [0.25, 0.3) is 10.9 Å². The third kappa shape index (κ3) is 3.67. The van der Waals surface area contributed by atoms with Gasteiger partial charge in [0.2, 0.25) is 0 Å². The Morgan fingerprint density at radius 1 is 1.19 bits per heavy atom. The second kappa shape index (κ2) is 7.75. The number of anilines is 1. The SMILES string of the molecule is CCn1cc(C(=O)OC(C)C(=O)Nc2ccccc2C#N)c2ccccc21. The van der Waals surface area contributed by atoms with Gasteiger partial charge >= 0.3 is 5.97 Å². The van der Waals surface area contributed by atoms with Gasteiger partial charge in [-0.15, -0.1) is 0 Å². The molecule has 1 unspecified atom stereocenters. The van der Waals surface area contributed by atoms with Crippen molar-refractivity contribution in [2.75, 3.05) is 5.32 Å². The zero-order valence-corrected chi connectivity index (χ0v) is 15.1. The van der Waals surface area contributed by atoms with Gasteiger partial charge < -0.3 is 14.6 Å². The topological polar surface area (TPSA) is 84.1 Å². The summed E-state index contributed by atoms with van der Waals surface area (Å²) >= 11 is 0. The van der Waals surface area contributed by atoms with Crippen LogP contribution in [0.4, 0.5) is 5.69 Å². The van der Waals surface area contributed by atoms with Crippen molar-refractivity contribution in [3.05, 3.63) is 65.9 Å². The van der Waals surface area contributed by atoms with Crippen molar-refractivity contribution in [2.45, 2.75) is 26.5 Å². The highest BCUT2D eigenvalue weighted by Gasteiger charge is 2.22. The summed E-state index contributed by atoms with van der Waals surface area (Å²) in [6.07, 6.45) is 0.732. The molecule has 6 heteroatoms. The maximum absolute atomic E-state index is 12.6. The fraction of sp³-hybridized carbons (Fsp3) is 0.190. The van der Waals surface area contributed by atoms with Crippen molar-refractivity contribution in [3.63, 3.8) is 0 Å². The van der Waals surface area contributed by atoms with Crippen LogP contribution in [-0.2, 0) is 16.1 Å². The smallest absolute Gasteiger partial charge is 0.341 e. The first kappa shape index (κ1) is 18.2. The van der Waals surface area contributed by atoms with E-state index in [9.17, 15) is 9.59 Å². The Morgan fingerprint density at radius 2 is 1.89 bits per heavy atom. The van der Waals surface area contributed by atoms with Gasteiger partial charge in [-0.2, -0.15) is 5.26 Å². The lowest BCUT2D eigenvalue weighted by molar-refractivity contribution is -0.123. The van der Waals surface area contributed by atoms with E-state index in [-0.39, 0.29) is 0 Å². The third-order valence-electron chi connectivity index (χ3n) is 4.31. The molecule has 136 valence electrons. The summed E-state index contributed by atoms with van der Waals surface area (Å²) in [6, 6.07) is 16.2. The van der Waals surface area contributed by atoms with Crippen LogP contribution in [0.2, 0.25) is 0 Å². The molecule has 3 rings (SSSR count). The zero-order chi connectivity index (χ0) is 19.4. The van der Waals surface area contributed by atoms with Gasteiger partial charge in [0.15, 0.2) is 6.10 Å². The normalized spacial score (nSPS) is 11.6. The van der Waals surface area contributed by atoms with Gasteiger partial charge in [0.1, 0.15) is 6.07 Å². The predicted molar refractivity (Wildman–Crippen MR) is 102 cm³/mol. The summed E-state index contributed by atoms with van der Waals surface area (Å²) in [7, 11) is 0. The highest BCUT2D eigenvalue weighted by Crippen LogP contribution is 2.22. The summed E-state index contributed by atoms with van der Waals surface area (Å²) in [4.78, 5) is 25.0. The largest absolute Gasteiger partial charge is 0.449 e. The van der Waals surface area contributed by atoms with E-state index in [0.717, 1.165) is 17.4 Å². The molecule has 0 saturated carbocycles. The molecule has 0 aliphatic rings. The Bertz CT molecular complexity index is 1050. The molecule has 1 heterocycles. The molecule has 0 bridgehead atoms. The molecule has 1 atom stereocenters. The number of para-hydroxylation sites is 2. The quantitative estimate of drug-likeness (QED) is 0.702. The number of benzene rings is 2. The lowest BCUT2D eigenvalue weighted by Crippen LogP contribution is -2.30. The maximum atomic E-state index is 12.6. The van der Waals surface area contributed by atoms with Gasteiger partial charge in [-0.05, 0) is 32.0 Å². The van der Waals surface area contributed by atoms with Crippen molar-refractivity contribution in [1.82, 2.24) is 4.57 Å². The molecule has 3 aromatic rings. The van der Waals surface area contributed by atoms with Crippen LogP contribution in [0.3, 0.4) is 0 Å².